The Hall–Kier alpha value is -3.47. The number of ether oxygens (including phenoxy) is 1. The molecule has 11 heteroatoms. The maximum atomic E-state index is 12.3. The van der Waals surface area contributed by atoms with Crippen molar-refractivity contribution in [3.05, 3.63) is 53.6 Å². The molecular formula is C17H10F3N5O2S. The second kappa shape index (κ2) is 7.27. The van der Waals surface area contributed by atoms with Gasteiger partial charge in [-0.15, -0.1) is 13.2 Å². The summed E-state index contributed by atoms with van der Waals surface area (Å²) in [6, 6.07) is 7.11. The molecule has 0 bridgehead atoms. The van der Waals surface area contributed by atoms with Crippen molar-refractivity contribution < 1.29 is 22.4 Å². The summed E-state index contributed by atoms with van der Waals surface area (Å²) < 4.78 is 45.9. The Morgan fingerprint density at radius 3 is 2.64 bits per heavy atom. The zero-order valence-electron chi connectivity index (χ0n) is 13.8. The van der Waals surface area contributed by atoms with E-state index in [1.807, 2.05) is 16.8 Å². The van der Waals surface area contributed by atoms with Gasteiger partial charge in [0.05, 0.1) is 0 Å². The molecule has 28 heavy (non-hydrogen) atoms. The summed E-state index contributed by atoms with van der Waals surface area (Å²) in [7, 11) is 0. The van der Waals surface area contributed by atoms with Crippen LogP contribution in [0.15, 0.2) is 58.1 Å². The van der Waals surface area contributed by atoms with Gasteiger partial charge >= 0.3 is 6.36 Å². The quantitative estimate of drug-likeness (QED) is 0.505. The molecule has 0 amide bonds. The molecule has 3 heterocycles. The third-order valence-corrected chi connectivity index (χ3v) is 4.18. The Labute approximate surface area is 159 Å². The summed E-state index contributed by atoms with van der Waals surface area (Å²) in [5.74, 6) is 0.680. The van der Waals surface area contributed by atoms with Crippen LogP contribution in [0.4, 0.5) is 24.7 Å². The molecule has 0 aliphatic rings. The van der Waals surface area contributed by atoms with Gasteiger partial charge in [0.25, 0.3) is 5.89 Å². The Balaban J connectivity index is 1.57. The monoisotopic (exact) mass is 405 g/mol. The summed E-state index contributed by atoms with van der Waals surface area (Å²) in [4.78, 5) is 12.5. The molecule has 0 radical (unpaired) electrons. The normalized spacial score (nSPS) is 11.4. The van der Waals surface area contributed by atoms with Crippen molar-refractivity contribution in [3.8, 4) is 28.6 Å². The zero-order valence-corrected chi connectivity index (χ0v) is 14.7. The lowest BCUT2D eigenvalue weighted by molar-refractivity contribution is -0.274. The van der Waals surface area contributed by atoms with Crippen LogP contribution in [0.2, 0.25) is 0 Å². The van der Waals surface area contributed by atoms with Crippen molar-refractivity contribution >= 4 is 22.8 Å². The van der Waals surface area contributed by atoms with Crippen molar-refractivity contribution in [2.45, 2.75) is 6.36 Å². The van der Waals surface area contributed by atoms with Crippen LogP contribution >= 0.6 is 11.3 Å². The topological polar surface area (TPSA) is 86.0 Å². The van der Waals surface area contributed by atoms with Gasteiger partial charge in [-0.1, -0.05) is 5.16 Å². The fourth-order valence-electron chi connectivity index (χ4n) is 2.30. The Morgan fingerprint density at radius 2 is 1.93 bits per heavy atom. The number of nitrogens with one attached hydrogen (secondary N) is 1. The number of nitrogens with zero attached hydrogens (tertiary/aromatic N) is 4. The first-order valence-corrected chi connectivity index (χ1v) is 8.72. The molecule has 3 aromatic heterocycles. The highest BCUT2D eigenvalue weighted by Crippen LogP contribution is 2.30. The number of hydrogen-bond donors (Lipinski definition) is 1. The van der Waals surface area contributed by atoms with Crippen LogP contribution in [-0.2, 0) is 0 Å². The van der Waals surface area contributed by atoms with Gasteiger partial charge in [-0.2, -0.15) is 16.3 Å². The first-order chi connectivity index (χ1) is 13.5. The molecule has 142 valence electrons. The summed E-state index contributed by atoms with van der Waals surface area (Å²) in [5.41, 5.74) is 1.77. The van der Waals surface area contributed by atoms with Crippen molar-refractivity contribution in [2.75, 3.05) is 5.32 Å². The molecule has 0 aliphatic carbocycles. The molecule has 0 aliphatic heterocycles. The standard InChI is InChI=1S/C17H10F3N5O2S/c18-17(19,20)26-12-3-1-11(2-4-12)23-15-13(7-21-9-22-15)16-24-14(25-27-16)10-5-6-28-8-10/h1-9H,(H,21,22,23). The summed E-state index contributed by atoms with van der Waals surface area (Å²) in [5, 5.41) is 10.7. The molecule has 0 spiro atoms. The number of aromatic nitrogens is 4. The lowest BCUT2D eigenvalue weighted by Gasteiger charge is -2.11. The fourth-order valence-corrected chi connectivity index (χ4v) is 2.94. The first kappa shape index (κ1) is 17.9. The van der Waals surface area contributed by atoms with E-state index in [0.29, 0.717) is 22.9 Å². The number of anilines is 2. The summed E-state index contributed by atoms with van der Waals surface area (Å²) in [6.07, 6.45) is -1.92. The molecule has 7 nitrogen and oxygen atoms in total. The highest BCUT2D eigenvalue weighted by atomic mass is 32.1. The smallest absolute Gasteiger partial charge is 0.406 e. The maximum absolute atomic E-state index is 12.3. The van der Waals surface area contributed by atoms with E-state index < -0.39 is 6.36 Å². The summed E-state index contributed by atoms with van der Waals surface area (Å²) in [6.45, 7) is 0. The number of hydrogen-bond acceptors (Lipinski definition) is 8. The van der Waals surface area contributed by atoms with Gasteiger partial charge in [0, 0.05) is 22.8 Å². The van der Waals surface area contributed by atoms with E-state index in [1.165, 1.54) is 48.1 Å². The van der Waals surface area contributed by atoms with Crippen LogP contribution in [0.3, 0.4) is 0 Å². The average molecular weight is 405 g/mol. The molecule has 1 aromatic carbocycles. The Kier molecular flexibility index (Phi) is 4.65. The maximum Gasteiger partial charge on any atom is 0.573 e. The average Bonchev–Trinajstić information content (AvgIpc) is 3.34. The molecule has 4 rings (SSSR count). The van der Waals surface area contributed by atoms with Crippen LogP contribution in [0.1, 0.15) is 0 Å². The van der Waals surface area contributed by atoms with Gasteiger partial charge < -0.3 is 14.6 Å². The van der Waals surface area contributed by atoms with E-state index in [-0.39, 0.29) is 11.6 Å². The molecule has 0 fully saturated rings. The van der Waals surface area contributed by atoms with E-state index in [1.54, 1.807) is 0 Å². The minimum Gasteiger partial charge on any atom is -0.406 e. The van der Waals surface area contributed by atoms with E-state index in [2.05, 4.69) is 30.2 Å². The largest absolute Gasteiger partial charge is 0.573 e. The van der Waals surface area contributed by atoms with E-state index in [9.17, 15) is 13.2 Å². The van der Waals surface area contributed by atoms with Gasteiger partial charge in [-0.05, 0) is 35.7 Å². The number of benzene rings is 1. The SMILES string of the molecule is FC(F)(F)Oc1ccc(Nc2ncncc2-c2nc(-c3ccsc3)no2)cc1. The number of alkyl halides is 3. The highest BCUT2D eigenvalue weighted by molar-refractivity contribution is 7.08. The van der Waals surface area contributed by atoms with E-state index in [4.69, 9.17) is 4.52 Å². The number of thiophene rings is 1. The first-order valence-electron chi connectivity index (χ1n) is 7.77. The van der Waals surface area contributed by atoms with Crippen LogP contribution in [0.25, 0.3) is 22.8 Å². The van der Waals surface area contributed by atoms with Crippen molar-refractivity contribution in [1.82, 2.24) is 20.1 Å². The Morgan fingerprint density at radius 1 is 1.11 bits per heavy atom. The fraction of sp³-hybridized carbons (Fsp3) is 0.0588. The molecular weight excluding hydrogens is 395 g/mol. The molecule has 1 N–H and O–H groups in total. The lowest BCUT2D eigenvalue weighted by atomic mass is 10.2. The predicted molar refractivity (Wildman–Crippen MR) is 95.0 cm³/mol. The van der Waals surface area contributed by atoms with Gasteiger partial charge in [0.1, 0.15) is 23.5 Å². The third-order valence-electron chi connectivity index (χ3n) is 3.50. The lowest BCUT2D eigenvalue weighted by Crippen LogP contribution is -2.16. The Bertz CT molecular complexity index is 1070. The minimum absolute atomic E-state index is 0.210. The second-order valence-electron chi connectivity index (χ2n) is 5.42. The second-order valence-corrected chi connectivity index (χ2v) is 6.20. The zero-order chi connectivity index (χ0) is 19.6. The van der Waals surface area contributed by atoms with Gasteiger partial charge in [-0.3, -0.25) is 0 Å². The number of rotatable bonds is 5. The summed E-state index contributed by atoms with van der Waals surface area (Å²) >= 11 is 1.51. The van der Waals surface area contributed by atoms with Gasteiger partial charge in [-0.25, -0.2) is 9.97 Å². The molecule has 0 atom stereocenters. The van der Waals surface area contributed by atoms with Gasteiger partial charge in [0.15, 0.2) is 0 Å². The molecule has 0 unspecified atom stereocenters. The predicted octanol–water partition coefficient (Wildman–Crippen LogP) is 4.90. The van der Waals surface area contributed by atoms with E-state index >= 15 is 0 Å². The van der Waals surface area contributed by atoms with Crippen LogP contribution < -0.4 is 10.1 Å². The molecule has 0 saturated heterocycles. The van der Waals surface area contributed by atoms with Crippen molar-refractivity contribution in [2.24, 2.45) is 0 Å². The third kappa shape index (κ3) is 4.09. The molecule has 4 aromatic rings. The van der Waals surface area contributed by atoms with Crippen molar-refractivity contribution in [3.63, 3.8) is 0 Å². The van der Waals surface area contributed by atoms with Crippen LogP contribution in [-0.4, -0.2) is 26.5 Å². The minimum atomic E-state index is -4.74. The number of halogens is 3. The van der Waals surface area contributed by atoms with Gasteiger partial charge in [0.2, 0.25) is 5.82 Å². The van der Waals surface area contributed by atoms with Crippen molar-refractivity contribution in [1.29, 1.82) is 0 Å². The highest BCUT2D eigenvalue weighted by Gasteiger charge is 2.31. The molecule has 0 saturated carbocycles. The van der Waals surface area contributed by atoms with E-state index in [0.717, 1.165) is 5.56 Å². The van der Waals surface area contributed by atoms with Crippen LogP contribution in [0.5, 0.6) is 5.75 Å². The van der Waals surface area contributed by atoms with Crippen LogP contribution in [0, 0.1) is 0 Å².